The molecule has 0 saturated carbocycles. The van der Waals surface area contributed by atoms with Gasteiger partial charge in [-0.25, -0.2) is 4.98 Å². The fourth-order valence-electron chi connectivity index (χ4n) is 3.54. The molecule has 0 aliphatic heterocycles. The highest BCUT2D eigenvalue weighted by atomic mass is 16.2. The quantitative estimate of drug-likeness (QED) is 0.503. The summed E-state index contributed by atoms with van der Waals surface area (Å²) < 4.78 is 0. The van der Waals surface area contributed by atoms with E-state index >= 15 is 0 Å². The molecular weight excluding hydrogens is 374 g/mol. The molecule has 4 aromatic rings. The number of aromatic amines is 1. The topological polar surface area (TPSA) is 66.1 Å². The van der Waals surface area contributed by atoms with E-state index in [1.165, 1.54) is 0 Å². The number of benzene rings is 3. The zero-order chi connectivity index (χ0) is 21.1. The number of hydrogen-bond acceptors (Lipinski definition) is 3. The lowest BCUT2D eigenvalue weighted by Crippen LogP contribution is -2.36. The maximum absolute atomic E-state index is 13.0. The highest BCUT2D eigenvalue weighted by Crippen LogP contribution is 2.20. The molecule has 0 unspecified atom stereocenters. The van der Waals surface area contributed by atoms with Gasteiger partial charge in [-0.3, -0.25) is 9.59 Å². The molecule has 0 saturated heterocycles. The number of carbonyl (C=O) groups excluding carboxylic acids is 1. The average Bonchev–Trinajstić information content (AvgIpc) is 2.75. The minimum Gasteiger partial charge on any atom is -0.329 e. The van der Waals surface area contributed by atoms with E-state index in [0.717, 1.165) is 16.3 Å². The summed E-state index contributed by atoms with van der Waals surface area (Å²) in [5, 5.41) is 2.77. The summed E-state index contributed by atoms with van der Waals surface area (Å²) in [6.45, 7) is 4.13. The first-order valence-electron chi connectivity index (χ1n) is 9.97. The molecule has 4 rings (SSSR count). The first-order chi connectivity index (χ1) is 14.5. The fourth-order valence-corrected chi connectivity index (χ4v) is 3.54. The van der Waals surface area contributed by atoms with Crippen LogP contribution in [-0.4, -0.2) is 26.8 Å². The molecule has 0 aliphatic carbocycles. The van der Waals surface area contributed by atoms with E-state index in [1.54, 1.807) is 29.2 Å². The number of H-pyrrole nitrogens is 1. The largest absolute Gasteiger partial charge is 0.329 e. The SMILES string of the molecule is CC(C)N(Cc1nc2ccccc2c(=O)[nH]1)C(=O)/C=C/c1cccc2ccccc12. The van der Waals surface area contributed by atoms with Crippen molar-refractivity contribution in [2.24, 2.45) is 0 Å². The third-order valence-electron chi connectivity index (χ3n) is 5.12. The van der Waals surface area contributed by atoms with Gasteiger partial charge in [0.05, 0.1) is 17.4 Å². The summed E-state index contributed by atoms with van der Waals surface area (Å²) in [6, 6.07) is 21.3. The van der Waals surface area contributed by atoms with Crippen molar-refractivity contribution in [3.63, 3.8) is 0 Å². The van der Waals surface area contributed by atoms with Gasteiger partial charge in [-0.1, -0.05) is 54.6 Å². The van der Waals surface area contributed by atoms with Crippen molar-refractivity contribution >= 4 is 33.7 Å². The molecule has 5 nitrogen and oxygen atoms in total. The summed E-state index contributed by atoms with van der Waals surface area (Å²) in [4.78, 5) is 34.3. The Hall–Kier alpha value is -3.73. The van der Waals surface area contributed by atoms with Crippen molar-refractivity contribution in [3.8, 4) is 0 Å². The molecule has 3 aromatic carbocycles. The van der Waals surface area contributed by atoms with Gasteiger partial charge in [0.25, 0.3) is 5.56 Å². The maximum Gasteiger partial charge on any atom is 0.258 e. The van der Waals surface area contributed by atoms with Crippen molar-refractivity contribution < 1.29 is 4.79 Å². The van der Waals surface area contributed by atoms with E-state index in [1.807, 2.05) is 56.3 Å². The summed E-state index contributed by atoms with van der Waals surface area (Å²) in [5.41, 5.74) is 1.42. The van der Waals surface area contributed by atoms with Crippen LogP contribution in [0.4, 0.5) is 0 Å². The van der Waals surface area contributed by atoms with Gasteiger partial charge in [0.1, 0.15) is 5.82 Å². The Morgan fingerprint density at radius 2 is 1.70 bits per heavy atom. The van der Waals surface area contributed by atoms with Crippen LogP contribution in [0, 0.1) is 0 Å². The summed E-state index contributed by atoms with van der Waals surface area (Å²) in [7, 11) is 0. The number of hydrogen-bond donors (Lipinski definition) is 1. The summed E-state index contributed by atoms with van der Waals surface area (Å²) >= 11 is 0. The van der Waals surface area contributed by atoms with E-state index in [2.05, 4.69) is 22.1 Å². The number of nitrogens with one attached hydrogen (secondary N) is 1. The van der Waals surface area contributed by atoms with E-state index in [9.17, 15) is 9.59 Å². The lowest BCUT2D eigenvalue weighted by atomic mass is 10.0. The second-order valence-corrected chi connectivity index (χ2v) is 7.49. The van der Waals surface area contributed by atoms with E-state index in [4.69, 9.17) is 0 Å². The lowest BCUT2D eigenvalue weighted by Gasteiger charge is -2.25. The highest BCUT2D eigenvalue weighted by Gasteiger charge is 2.17. The van der Waals surface area contributed by atoms with Crippen molar-refractivity contribution in [3.05, 3.63) is 94.5 Å². The van der Waals surface area contributed by atoms with Crippen molar-refractivity contribution in [2.75, 3.05) is 0 Å². The molecule has 30 heavy (non-hydrogen) atoms. The minimum atomic E-state index is -0.196. The van der Waals surface area contributed by atoms with Crippen LogP contribution in [0.5, 0.6) is 0 Å². The third kappa shape index (κ3) is 4.01. The molecule has 0 atom stereocenters. The summed E-state index contributed by atoms with van der Waals surface area (Å²) in [5.74, 6) is 0.341. The van der Waals surface area contributed by atoms with Gasteiger partial charge in [0.15, 0.2) is 0 Å². The van der Waals surface area contributed by atoms with Gasteiger partial charge >= 0.3 is 0 Å². The predicted octanol–water partition coefficient (Wildman–Crippen LogP) is 4.53. The zero-order valence-electron chi connectivity index (χ0n) is 17.0. The van der Waals surface area contributed by atoms with Gasteiger partial charge < -0.3 is 9.88 Å². The Bertz CT molecular complexity index is 1300. The second kappa shape index (κ2) is 8.33. The molecule has 1 amide bonds. The lowest BCUT2D eigenvalue weighted by molar-refractivity contribution is -0.128. The molecule has 0 spiro atoms. The van der Waals surface area contributed by atoms with Crippen LogP contribution >= 0.6 is 0 Å². The molecule has 0 fully saturated rings. The first kappa shape index (κ1) is 19.6. The second-order valence-electron chi connectivity index (χ2n) is 7.49. The molecule has 0 bridgehead atoms. The van der Waals surface area contributed by atoms with E-state index in [0.29, 0.717) is 16.7 Å². The molecular formula is C25H23N3O2. The van der Waals surface area contributed by atoms with Gasteiger partial charge in [-0.15, -0.1) is 0 Å². The Kier molecular flexibility index (Phi) is 5.44. The van der Waals surface area contributed by atoms with Crippen LogP contribution in [0.25, 0.3) is 27.8 Å². The average molecular weight is 397 g/mol. The molecule has 1 heterocycles. The van der Waals surface area contributed by atoms with Crippen LogP contribution < -0.4 is 5.56 Å². The van der Waals surface area contributed by atoms with Crippen molar-refractivity contribution in [2.45, 2.75) is 26.4 Å². The number of nitrogens with zero attached hydrogens (tertiary/aromatic N) is 2. The third-order valence-corrected chi connectivity index (χ3v) is 5.12. The number of rotatable bonds is 5. The Morgan fingerprint density at radius 1 is 1.00 bits per heavy atom. The van der Waals surface area contributed by atoms with Gasteiger partial charge in [-0.05, 0) is 48.4 Å². The van der Waals surface area contributed by atoms with Crippen molar-refractivity contribution in [1.82, 2.24) is 14.9 Å². The van der Waals surface area contributed by atoms with Crippen LogP contribution in [-0.2, 0) is 11.3 Å². The van der Waals surface area contributed by atoms with E-state index < -0.39 is 0 Å². The Morgan fingerprint density at radius 3 is 2.50 bits per heavy atom. The zero-order valence-corrected chi connectivity index (χ0v) is 17.0. The van der Waals surface area contributed by atoms with E-state index in [-0.39, 0.29) is 24.1 Å². The molecule has 0 aliphatic rings. The highest BCUT2D eigenvalue weighted by molar-refractivity contribution is 5.96. The van der Waals surface area contributed by atoms with Crippen LogP contribution in [0.1, 0.15) is 25.2 Å². The molecule has 1 N–H and O–H groups in total. The minimum absolute atomic E-state index is 0.0496. The normalized spacial score (nSPS) is 11.6. The fraction of sp³-hybridized carbons (Fsp3) is 0.160. The maximum atomic E-state index is 13.0. The Labute approximate surface area is 174 Å². The van der Waals surface area contributed by atoms with Gasteiger partial charge in [0, 0.05) is 12.1 Å². The standard InChI is InChI=1S/C25H23N3O2/c1-17(2)28(16-23-26-22-13-6-5-12-21(22)25(30)27-23)24(29)15-14-19-10-7-9-18-8-3-4-11-20(18)19/h3-15,17H,16H2,1-2H3,(H,26,27,30)/b15-14+. The number of fused-ring (bicyclic) bond motifs is 2. The number of aromatic nitrogens is 2. The van der Waals surface area contributed by atoms with Crippen molar-refractivity contribution in [1.29, 1.82) is 0 Å². The summed E-state index contributed by atoms with van der Waals surface area (Å²) in [6.07, 6.45) is 3.43. The van der Waals surface area contributed by atoms with Crippen LogP contribution in [0.3, 0.4) is 0 Å². The number of carbonyl (C=O) groups is 1. The van der Waals surface area contributed by atoms with Gasteiger partial charge in [-0.2, -0.15) is 0 Å². The first-order valence-corrected chi connectivity index (χ1v) is 9.97. The molecule has 5 heteroatoms. The molecule has 150 valence electrons. The number of para-hydroxylation sites is 1. The Balaban J connectivity index is 1.61. The monoisotopic (exact) mass is 397 g/mol. The smallest absolute Gasteiger partial charge is 0.258 e. The number of amides is 1. The van der Waals surface area contributed by atoms with Crippen LogP contribution in [0.2, 0.25) is 0 Å². The van der Waals surface area contributed by atoms with Crippen LogP contribution in [0.15, 0.2) is 77.6 Å². The molecule has 1 aromatic heterocycles. The van der Waals surface area contributed by atoms with Gasteiger partial charge in [0.2, 0.25) is 5.91 Å². The molecule has 0 radical (unpaired) electrons. The predicted molar refractivity (Wildman–Crippen MR) is 121 cm³/mol.